The summed E-state index contributed by atoms with van der Waals surface area (Å²) >= 11 is 0. The molecule has 0 saturated heterocycles. The maximum absolute atomic E-state index is 12.7. The zero-order chi connectivity index (χ0) is 20.1. The van der Waals surface area contributed by atoms with Crippen molar-refractivity contribution in [2.45, 2.75) is 39.8 Å². The fourth-order valence-electron chi connectivity index (χ4n) is 3.16. The first-order valence-corrected chi connectivity index (χ1v) is 9.25. The van der Waals surface area contributed by atoms with Gasteiger partial charge in [0.1, 0.15) is 0 Å². The van der Waals surface area contributed by atoms with E-state index >= 15 is 0 Å². The van der Waals surface area contributed by atoms with Crippen LogP contribution in [0.4, 0.5) is 0 Å². The van der Waals surface area contributed by atoms with E-state index in [0.29, 0.717) is 5.69 Å². The average Bonchev–Trinajstić information content (AvgIpc) is 2.67. The normalized spacial score (nSPS) is 11.8. The Bertz CT molecular complexity index is 1010. The largest absolute Gasteiger partial charge is 0.347 e. The van der Waals surface area contributed by atoms with Gasteiger partial charge in [0, 0.05) is 36.7 Å². The van der Waals surface area contributed by atoms with Crippen molar-refractivity contribution in [2.24, 2.45) is 0 Å². The molecule has 0 aliphatic rings. The van der Waals surface area contributed by atoms with Gasteiger partial charge in [-0.05, 0) is 44.0 Å². The first kappa shape index (κ1) is 19.5. The highest BCUT2D eigenvalue weighted by atomic mass is 16.2. The van der Waals surface area contributed by atoms with Crippen LogP contribution in [0.15, 0.2) is 59.7 Å². The van der Waals surface area contributed by atoms with Crippen molar-refractivity contribution in [3.8, 4) is 0 Å². The van der Waals surface area contributed by atoms with Gasteiger partial charge < -0.3 is 5.32 Å². The van der Waals surface area contributed by atoms with Crippen LogP contribution in [0.5, 0.6) is 0 Å². The van der Waals surface area contributed by atoms with Crippen LogP contribution < -0.4 is 11.0 Å². The zero-order valence-corrected chi connectivity index (χ0v) is 16.3. The standard InChI is InChI=1S/C22H24N4O2/c1-15-6-8-18(9-7-15)21(19-5-4-11-23-14-19)25-20(27)10-12-26-17(3)13-16(2)24-22(26)28/h4-9,11,13-14,21H,10,12H2,1-3H3,(H,25,27)/t21-/m0/s1. The van der Waals surface area contributed by atoms with Crippen molar-refractivity contribution >= 4 is 5.91 Å². The maximum atomic E-state index is 12.7. The van der Waals surface area contributed by atoms with Gasteiger partial charge in [-0.15, -0.1) is 0 Å². The molecule has 0 bridgehead atoms. The molecule has 0 aliphatic heterocycles. The van der Waals surface area contributed by atoms with E-state index in [0.717, 1.165) is 22.4 Å². The number of hydrogen-bond donors (Lipinski definition) is 1. The second kappa shape index (κ2) is 8.61. The topological polar surface area (TPSA) is 76.9 Å². The number of nitrogens with one attached hydrogen (secondary N) is 1. The number of carbonyl (C=O) groups is 1. The number of aryl methyl sites for hydroxylation is 3. The Balaban J connectivity index is 1.77. The summed E-state index contributed by atoms with van der Waals surface area (Å²) in [6, 6.07) is 13.4. The van der Waals surface area contributed by atoms with Crippen molar-refractivity contribution in [1.29, 1.82) is 0 Å². The molecule has 3 rings (SSSR count). The Morgan fingerprint density at radius 3 is 2.50 bits per heavy atom. The van der Waals surface area contributed by atoms with Crippen molar-refractivity contribution in [3.05, 3.63) is 93.4 Å². The highest BCUT2D eigenvalue weighted by Crippen LogP contribution is 2.22. The lowest BCUT2D eigenvalue weighted by molar-refractivity contribution is -0.121. The van der Waals surface area contributed by atoms with Crippen LogP contribution in [0.3, 0.4) is 0 Å². The summed E-state index contributed by atoms with van der Waals surface area (Å²) in [6.45, 7) is 5.94. The molecular formula is C22H24N4O2. The Hall–Kier alpha value is -3.28. The lowest BCUT2D eigenvalue weighted by Crippen LogP contribution is -2.32. The Labute approximate surface area is 164 Å². The quantitative estimate of drug-likeness (QED) is 0.718. The van der Waals surface area contributed by atoms with Crippen LogP contribution in [0.2, 0.25) is 0 Å². The summed E-state index contributed by atoms with van der Waals surface area (Å²) in [5, 5.41) is 3.07. The van der Waals surface area contributed by atoms with Crippen LogP contribution in [0.1, 0.15) is 40.5 Å². The Morgan fingerprint density at radius 2 is 1.86 bits per heavy atom. The molecule has 1 aromatic carbocycles. The van der Waals surface area contributed by atoms with Crippen molar-refractivity contribution in [2.75, 3.05) is 0 Å². The molecule has 28 heavy (non-hydrogen) atoms. The molecule has 0 radical (unpaired) electrons. The first-order valence-electron chi connectivity index (χ1n) is 9.25. The van der Waals surface area contributed by atoms with Gasteiger partial charge in [-0.2, -0.15) is 4.98 Å². The average molecular weight is 376 g/mol. The summed E-state index contributed by atoms with van der Waals surface area (Å²) in [4.78, 5) is 32.9. The number of carbonyl (C=O) groups excluding carboxylic acids is 1. The third kappa shape index (κ3) is 4.71. The summed E-state index contributed by atoms with van der Waals surface area (Å²) in [5.41, 5.74) is 4.20. The third-order valence-corrected chi connectivity index (χ3v) is 4.64. The van der Waals surface area contributed by atoms with Gasteiger partial charge in [0.2, 0.25) is 5.91 Å². The van der Waals surface area contributed by atoms with Gasteiger partial charge in [0.05, 0.1) is 6.04 Å². The van der Waals surface area contributed by atoms with E-state index in [1.807, 2.05) is 56.3 Å². The molecular weight excluding hydrogens is 352 g/mol. The smallest absolute Gasteiger partial charge is 0.345 e. The van der Waals surface area contributed by atoms with Crippen LogP contribution in [-0.2, 0) is 11.3 Å². The van der Waals surface area contributed by atoms with Crippen molar-refractivity contribution in [1.82, 2.24) is 19.9 Å². The molecule has 1 amide bonds. The number of benzene rings is 1. The van der Waals surface area contributed by atoms with E-state index in [1.54, 1.807) is 19.3 Å². The second-order valence-electron chi connectivity index (χ2n) is 6.92. The maximum Gasteiger partial charge on any atom is 0.347 e. The number of rotatable bonds is 6. The fourth-order valence-corrected chi connectivity index (χ4v) is 3.16. The predicted octanol–water partition coefficient (Wildman–Crippen LogP) is 2.86. The zero-order valence-electron chi connectivity index (χ0n) is 16.3. The lowest BCUT2D eigenvalue weighted by Gasteiger charge is -2.20. The van der Waals surface area contributed by atoms with E-state index in [9.17, 15) is 9.59 Å². The molecule has 0 aliphatic carbocycles. The molecule has 0 unspecified atom stereocenters. The third-order valence-electron chi connectivity index (χ3n) is 4.64. The van der Waals surface area contributed by atoms with Crippen molar-refractivity contribution in [3.63, 3.8) is 0 Å². The molecule has 1 atom stereocenters. The monoisotopic (exact) mass is 376 g/mol. The van der Waals surface area contributed by atoms with Crippen molar-refractivity contribution < 1.29 is 4.79 Å². The number of nitrogens with zero attached hydrogens (tertiary/aromatic N) is 3. The van der Waals surface area contributed by atoms with Gasteiger partial charge in [-0.1, -0.05) is 35.9 Å². The van der Waals surface area contributed by atoms with Crippen LogP contribution >= 0.6 is 0 Å². The van der Waals surface area contributed by atoms with Gasteiger partial charge >= 0.3 is 5.69 Å². The molecule has 6 heteroatoms. The van der Waals surface area contributed by atoms with Gasteiger partial charge in [-0.3, -0.25) is 14.3 Å². The minimum Gasteiger partial charge on any atom is -0.345 e. The van der Waals surface area contributed by atoms with Gasteiger partial charge in [0.25, 0.3) is 0 Å². The van der Waals surface area contributed by atoms with E-state index in [4.69, 9.17) is 0 Å². The van der Waals surface area contributed by atoms with Crippen LogP contribution in [0.25, 0.3) is 0 Å². The SMILES string of the molecule is Cc1ccc([C@H](NC(=O)CCn2c(C)cc(C)nc2=O)c2cccnc2)cc1. The minimum absolute atomic E-state index is 0.138. The molecule has 2 aromatic heterocycles. The van der Waals surface area contributed by atoms with E-state index in [2.05, 4.69) is 15.3 Å². The molecule has 0 spiro atoms. The Kier molecular flexibility index (Phi) is 5.99. The summed E-state index contributed by atoms with van der Waals surface area (Å²) in [7, 11) is 0. The van der Waals surface area contributed by atoms with Crippen LogP contribution in [-0.4, -0.2) is 20.4 Å². The fraction of sp³-hybridized carbons (Fsp3) is 0.273. The van der Waals surface area contributed by atoms with E-state index in [1.165, 1.54) is 4.57 Å². The molecule has 0 fully saturated rings. The molecule has 6 nitrogen and oxygen atoms in total. The number of amides is 1. The second-order valence-corrected chi connectivity index (χ2v) is 6.92. The summed E-state index contributed by atoms with van der Waals surface area (Å²) in [6.07, 6.45) is 3.65. The summed E-state index contributed by atoms with van der Waals surface area (Å²) in [5.74, 6) is -0.138. The minimum atomic E-state index is -0.326. The summed E-state index contributed by atoms with van der Waals surface area (Å²) < 4.78 is 1.53. The number of pyridine rings is 1. The first-order chi connectivity index (χ1) is 13.4. The van der Waals surface area contributed by atoms with Crippen LogP contribution in [0, 0.1) is 20.8 Å². The molecule has 1 N–H and O–H groups in total. The van der Waals surface area contributed by atoms with E-state index in [-0.39, 0.29) is 30.6 Å². The predicted molar refractivity (Wildman–Crippen MR) is 108 cm³/mol. The van der Waals surface area contributed by atoms with Gasteiger partial charge in [0.15, 0.2) is 0 Å². The Morgan fingerprint density at radius 1 is 1.11 bits per heavy atom. The van der Waals surface area contributed by atoms with Gasteiger partial charge in [-0.25, -0.2) is 4.79 Å². The highest BCUT2D eigenvalue weighted by molar-refractivity contribution is 5.77. The molecule has 0 saturated carbocycles. The molecule has 3 aromatic rings. The number of aromatic nitrogens is 3. The lowest BCUT2D eigenvalue weighted by atomic mass is 9.99. The number of hydrogen-bond acceptors (Lipinski definition) is 4. The highest BCUT2D eigenvalue weighted by Gasteiger charge is 2.17. The van der Waals surface area contributed by atoms with E-state index < -0.39 is 0 Å². The molecule has 2 heterocycles. The molecule has 144 valence electrons.